The van der Waals surface area contributed by atoms with Crippen molar-refractivity contribution in [1.82, 2.24) is 0 Å². The van der Waals surface area contributed by atoms with Crippen LogP contribution in [-0.2, 0) is 9.59 Å². The van der Waals surface area contributed by atoms with E-state index in [1.807, 2.05) is 13.8 Å². The first-order chi connectivity index (χ1) is 15.3. The Labute approximate surface area is 199 Å². The number of rotatable bonds is 4. The highest BCUT2D eigenvalue weighted by molar-refractivity contribution is 5.92. The largest absolute Gasteiger partial charge is 0.393 e. The molecule has 0 amide bonds. The van der Waals surface area contributed by atoms with Crippen molar-refractivity contribution in [2.75, 3.05) is 6.61 Å². The highest BCUT2D eigenvalue weighted by Gasteiger charge is 2.68. The number of hydrogen-bond acceptors (Lipinski definition) is 6. The number of carbonyl (C=O) groups is 2. The third-order valence-corrected chi connectivity index (χ3v) is 9.93. The van der Waals surface area contributed by atoms with E-state index < -0.39 is 23.4 Å². The average molecular weight is 466 g/mol. The fraction of sp³-hybridized carbons (Fsp3) is 0.926. The lowest BCUT2D eigenvalue weighted by molar-refractivity contribution is -0.180. The van der Waals surface area contributed by atoms with Gasteiger partial charge in [-0.3, -0.25) is 9.59 Å². The number of aliphatic hydroxyl groups is 3. The van der Waals surface area contributed by atoms with Gasteiger partial charge in [0, 0.05) is 23.8 Å². The monoisotopic (exact) mass is 465 g/mol. The topological polar surface area (TPSA) is 121 Å². The molecule has 4 saturated carbocycles. The number of Topliss-reactive ketones (excluding diaryl/α,β-unsaturated/α-hetero) is 2. The average Bonchev–Trinajstić information content (AvgIpc) is 2.98. The molecule has 4 fully saturated rings. The Morgan fingerprint density at radius 1 is 1.12 bits per heavy atom. The van der Waals surface area contributed by atoms with Crippen molar-refractivity contribution in [3.63, 3.8) is 0 Å². The van der Waals surface area contributed by atoms with Gasteiger partial charge in [0.1, 0.15) is 18.0 Å². The molecule has 190 valence electrons. The predicted molar refractivity (Wildman–Crippen MR) is 128 cm³/mol. The van der Waals surface area contributed by atoms with Crippen molar-refractivity contribution in [3.05, 3.63) is 0 Å². The zero-order valence-corrected chi connectivity index (χ0v) is 21.3. The Morgan fingerprint density at radius 3 is 2.33 bits per heavy atom. The number of fused-ring (bicyclic) bond motifs is 5. The maximum Gasteiger partial charge on any atom is 0.190 e. The predicted octanol–water partition coefficient (Wildman–Crippen LogP) is 3.24. The highest BCUT2D eigenvalue weighted by atomic mass is 16.3. The van der Waals surface area contributed by atoms with E-state index >= 15 is 0 Å². The summed E-state index contributed by atoms with van der Waals surface area (Å²) in [4.78, 5) is 25.7. The van der Waals surface area contributed by atoms with E-state index in [-0.39, 0.29) is 41.5 Å². The number of aliphatic hydroxyl groups excluding tert-OH is 2. The molecule has 6 nitrogen and oxygen atoms in total. The molecule has 0 radical (unpaired) electrons. The van der Waals surface area contributed by atoms with Gasteiger partial charge in [-0.1, -0.05) is 27.7 Å². The van der Waals surface area contributed by atoms with Crippen LogP contribution in [0.1, 0.15) is 92.4 Å². The van der Waals surface area contributed by atoms with Crippen LogP contribution in [0.15, 0.2) is 0 Å². The van der Waals surface area contributed by atoms with Crippen molar-refractivity contribution >= 4 is 11.6 Å². The van der Waals surface area contributed by atoms with Crippen LogP contribution in [0.5, 0.6) is 0 Å². The summed E-state index contributed by atoms with van der Waals surface area (Å²) < 4.78 is 0. The Balaban J connectivity index is 0.000000383. The summed E-state index contributed by atoms with van der Waals surface area (Å²) in [5.74, 6) is 1.13. The van der Waals surface area contributed by atoms with Crippen LogP contribution < -0.4 is 5.73 Å². The molecule has 0 aliphatic heterocycles. The molecule has 0 aromatic heterocycles. The molecule has 0 saturated heterocycles. The van der Waals surface area contributed by atoms with Crippen LogP contribution in [0, 0.1) is 40.4 Å². The Hall–Kier alpha value is -0.820. The minimum atomic E-state index is -1.58. The molecule has 0 bridgehead atoms. The zero-order chi connectivity index (χ0) is 24.8. The standard InChI is InChI=1S/C21H32O5.C6H15N/c1-19-7-5-13(23)9-12(19)3-4-14-15-6-8-21(26,17(25)11-22)20(15,2)10-16(24)18(14)19;1-5(2)4-6(3)7/h12-15,18,22-23,26H,3-11H2,1-2H3;5-6H,4,7H2,1-3H3/t12-,13-,14+,15+,18-,19+,20+,21+;/m1./s1. The van der Waals surface area contributed by atoms with Crippen LogP contribution in [0.2, 0.25) is 0 Å². The van der Waals surface area contributed by atoms with Crippen LogP contribution in [0.3, 0.4) is 0 Å². The molecule has 6 heteroatoms. The lowest BCUT2D eigenvalue weighted by Crippen LogP contribution is -2.62. The first-order valence-electron chi connectivity index (χ1n) is 13.1. The summed E-state index contributed by atoms with van der Waals surface area (Å²) in [6.45, 7) is 9.87. The van der Waals surface area contributed by atoms with Gasteiger partial charge in [-0.25, -0.2) is 0 Å². The maximum atomic E-state index is 13.4. The quantitative estimate of drug-likeness (QED) is 0.506. The second kappa shape index (κ2) is 9.67. The van der Waals surface area contributed by atoms with Crippen molar-refractivity contribution < 1.29 is 24.9 Å². The van der Waals surface area contributed by atoms with Gasteiger partial charge in [-0.15, -0.1) is 0 Å². The minimum Gasteiger partial charge on any atom is -0.393 e. The maximum absolute atomic E-state index is 13.4. The molecule has 4 rings (SSSR count). The summed E-state index contributed by atoms with van der Waals surface area (Å²) in [6, 6.07) is 0.375. The fourth-order valence-corrected chi connectivity index (χ4v) is 8.39. The molecule has 0 aromatic rings. The molecular weight excluding hydrogens is 418 g/mol. The molecule has 33 heavy (non-hydrogen) atoms. The van der Waals surface area contributed by atoms with Gasteiger partial charge in [0.15, 0.2) is 5.78 Å². The number of hydrogen-bond donors (Lipinski definition) is 4. The summed E-state index contributed by atoms with van der Waals surface area (Å²) in [5.41, 5.74) is 3.09. The molecule has 0 heterocycles. The molecule has 9 atom stereocenters. The van der Waals surface area contributed by atoms with Gasteiger partial charge >= 0.3 is 0 Å². The summed E-state index contributed by atoms with van der Waals surface area (Å²) >= 11 is 0. The van der Waals surface area contributed by atoms with Crippen molar-refractivity contribution in [1.29, 1.82) is 0 Å². The van der Waals surface area contributed by atoms with E-state index in [2.05, 4.69) is 20.8 Å². The smallest absolute Gasteiger partial charge is 0.190 e. The van der Waals surface area contributed by atoms with Crippen LogP contribution in [0.4, 0.5) is 0 Å². The molecule has 0 aromatic carbocycles. The van der Waals surface area contributed by atoms with Crippen molar-refractivity contribution in [3.8, 4) is 0 Å². The molecule has 5 N–H and O–H groups in total. The van der Waals surface area contributed by atoms with Crippen LogP contribution in [-0.4, -0.2) is 51.2 Å². The van der Waals surface area contributed by atoms with Crippen molar-refractivity contribution in [2.45, 2.75) is 110 Å². The van der Waals surface area contributed by atoms with Gasteiger partial charge in [0.05, 0.1) is 6.10 Å². The van der Waals surface area contributed by atoms with Gasteiger partial charge < -0.3 is 21.1 Å². The molecule has 1 unspecified atom stereocenters. The lowest BCUT2D eigenvalue weighted by Gasteiger charge is -2.60. The van der Waals surface area contributed by atoms with Gasteiger partial charge in [-0.2, -0.15) is 0 Å². The third kappa shape index (κ3) is 4.57. The summed E-state index contributed by atoms with van der Waals surface area (Å²) in [6.07, 6.45) is 6.61. The van der Waals surface area contributed by atoms with E-state index in [1.165, 1.54) is 0 Å². The van der Waals surface area contributed by atoms with Crippen molar-refractivity contribution in [2.24, 2.45) is 46.2 Å². The summed E-state index contributed by atoms with van der Waals surface area (Å²) in [5, 5.41) is 30.6. The van der Waals surface area contributed by atoms with Gasteiger partial charge in [-0.05, 0) is 87.4 Å². The number of ketones is 2. The molecule has 4 aliphatic carbocycles. The van der Waals surface area contributed by atoms with Gasteiger partial charge in [0.2, 0.25) is 0 Å². The van der Waals surface area contributed by atoms with E-state index in [4.69, 9.17) is 5.73 Å². The zero-order valence-electron chi connectivity index (χ0n) is 21.3. The van der Waals surface area contributed by atoms with Gasteiger partial charge in [0.25, 0.3) is 0 Å². The van der Waals surface area contributed by atoms with E-state index in [1.54, 1.807) is 0 Å². The minimum absolute atomic E-state index is 0.0154. The molecular formula is C27H47NO5. The second-order valence-electron chi connectivity index (χ2n) is 12.6. The number of nitrogens with two attached hydrogens (primary N) is 1. The highest BCUT2D eigenvalue weighted by Crippen LogP contribution is 2.67. The summed E-state index contributed by atoms with van der Waals surface area (Å²) in [7, 11) is 0. The Kier molecular flexibility index (Phi) is 7.85. The fourth-order valence-electron chi connectivity index (χ4n) is 8.39. The molecule has 4 aliphatic rings. The third-order valence-electron chi connectivity index (χ3n) is 9.93. The molecule has 0 spiro atoms. The lowest BCUT2D eigenvalue weighted by atomic mass is 9.44. The SMILES string of the molecule is CC(C)CC(C)N.C[C@]12CC[C@@H](O)C[C@H]1CC[C@@H]1[C@@H]2C(=O)C[C@@]2(C)[C@H]1CC[C@]2(O)C(=O)CO. The van der Waals surface area contributed by atoms with E-state index in [0.29, 0.717) is 18.4 Å². The van der Waals surface area contributed by atoms with Crippen LogP contribution in [0.25, 0.3) is 0 Å². The normalized spacial score (nSPS) is 45.4. The Bertz CT molecular complexity index is 732. The Morgan fingerprint density at radius 2 is 1.79 bits per heavy atom. The second-order valence-corrected chi connectivity index (χ2v) is 12.6. The van der Waals surface area contributed by atoms with E-state index in [0.717, 1.165) is 50.9 Å². The first kappa shape index (κ1) is 26.8. The number of carbonyl (C=O) groups excluding carboxylic acids is 2. The first-order valence-corrected chi connectivity index (χ1v) is 13.1. The van der Waals surface area contributed by atoms with Crippen LogP contribution >= 0.6 is 0 Å². The van der Waals surface area contributed by atoms with E-state index in [9.17, 15) is 24.9 Å².